The summed E-state index contributed by atoms with van der Waals surface area (Å²) in [7, 11) is -4.10. The molecule has 0 radical (unpaired) electrons. The fourth-order valence-electron chi connectivity index (χ4n) is 5.09. The molecule has 200 valence electrons. The van der Waals surface area contributed by atoms with Crippen LogP contribution in [0.2, 0.25) is 5.02 Å². The fourth-order valence-corrected chi connectivity index (χ4v) is 6.68. The van der Waals surface area contributed by atoms with Gasteiger partial charge < -0.3 is 11.5 Å². The molecule has 0 aliphatic heterocycles. The maximum atomic E-state index is 15.3. The van der Waals surface area contributed by atoms with Crippen LogP contribution in [0.4, 0.5) is 15.9 Å². The smallest absolute Gasteiger partial charge is 0.263 e. The van der Waals surface area contributed by atoms with Gasteiger partial charge in [-0.15, -0.1) is 0 Å². The van der Waals surface area contributed by atoms with Crippen LogP contribution in [0.3, 0.4) is 0 Å². The van der Waals surface area contributed by atoms with E-state index in [1.807, 2.05) is 20.0 Å². The number of imidazole rings is 1. The van der Waals surface area contributed by atoms with Gasteiger partial charge in [0.05, 0.1) is 10.7 Å². The van der Waals surface area contributed by atoms with Crippen molar-refractivity contribution in [3.8, 4) is 11.3 Å². The Bertz CT molecular complexity index is 1610. The Labute approximate surface area is 226 Å². The third kappa shape index (κ3) is 4.83. The number of rotatable bonds is 6. The Hall–Kier alpha value is -3.21. The standard InChI is InChI=1S/C27H30ClFN6O2S/c1-15(2)27-33-24(25-26(31)32-14-22(35(25)27)16-7-10-18(30)11-8-16)17-9-12-21(20(29)13-17)34-38(36,37)23-6-4-3-5-19(23)28/h3-6,9,12-16,18,34H,7-8,10-11,30H2,1-2H3,(H2,31,32)/t16-,18-. The van der Waals surface area contributed by atoms with Gasteiger partial charge in [0.2, 0.25) is 0 Å². The van der Waals surface area contributed by atoms with Crippen LogP contribution in [0.1, 0.15) is 62.9 Å². The molecule has 0 atom stereocenters. The molecule has 4 aromatic rings. The van der Waals surface area contributed by atoms with Gasteiger partial charge in [-0.3, -0.25) is 9.12 Å². The van der Waals surface area contributed by atoms with E-state index >= 15 is 4.39 Å². The van der Waals surface area contributed by atoms with Gasteiger partial charge in [-0.05, 0) is 49.9 Å². The molecule has 0 unspecified atom stereocenters. The first-order chi connectivity index (χ1) is 18.1. The molecule has 0 saturated heterocycles. The average molecular weight is 557 g/mol. The zero-order valence-corrected chi connectivity index (χ0v) is 22.7. The van der Waals surface area contributed by atoms with Crippen molar-refractivity contribution in [1.29, 1.82) is 0 Å². The van der Waals surface area contributed by atoms with Gasteiger partial charge in [-0.25, -0.2) is 22.8 Å². The minimum Gasteiger partial charge on any atom is -0.382 e. The van der Waals surface area contributed by atoms with Gasteiger partial charge in [0, 0.05) is 35.3 Å². The molecule has 0 amide bonds. The van der Waals surface area contributed by atoms with Gasteiger partial charge >= 0.3 is 0 Å². The summed E-state index contributed by atoms with van der Waals surface area (Å²) < 4.78 is 45.3. The molecule has 0 bridgehead atoms. The van der Waals surface area contributed by atoms with Crippen LogP contribution in [-0.2, 0) is 10.0 Å². The Morgan fingerprint density at radius 3 is 2.50 bits per heavy atom. The minimum atomic E-state index is -4.10. The lowest BCUT2D eigenvalue weighted by Gasteiger charge is -2.27. The van der Waals surface area contributed by atoms with Crippen LogP contribution in [0.5, 0.6) is 0 Å². The van der Waals surface area contributed by atoms with Crippen LogP contribution >= 0.6 is 11.6 Å². The number of nitrogen functional groups attached to an aromatic ring is 1. The van der Waals surface area contributed by atoms with Crippen molar-refractivity contribution in [3.05, 3.63) is 71.0 Å². The molecule has 2 aromatic heterocycles. The van der Waals surface area contributed by atoms with Crippen LogP contribution in [0, 0.1) is 5.82 Å². The van der Waals surface area contributed by atoms with Gasteiger partial charge in [-0.2, -0.15) is 0 Å². The second-order valence-corrected chi connectivity index (χ2v) is 12.1. The van der Waals surface area contributed by atoms with Crippen molar-refractivity contribution in [2.75, 3.05) is 10.5 Å². The maximum absolute atomic E-state index is 15.3. The summed E-state index contributed by atoms with van der Waals surface area (Å²) in [6.45, 7) is 4.09. The number of hydrogen-bond acceptors (Lipinski definition) is 6. The first kappa shape index (κ1) is 26.4. The Morgan fingerprint density at radius 1 is 1.13 bits per heavy atom. The summed E-state index contributed by atoms with van der Waals surface area (Å²) in [6, 6.07) is 10.4. The zero-order valence-electron chi connectivity index (χ0n) is 21.2. The minimum absolute atomic E-state index is 0.0430. The highest BCUT2D eigenvalue weighted by Crippen LogP contribution is 2.38. The van der Waals surface area contributed by atoms with E-state index in [9.17, 15) is 8.42 Å². The number of hydrogen-bond donors (Lipinski definition) is 3. The molecule has 0 spiro atoms. The molecule has 5 N–H and O–H groups in total. The molecule has 1 fully saturated rings. The fraction of sp³-hybridized carbons (Fsp3) is 0.333. The SMILES string of the molecule is CC(C)c1nc(-c2ccc(NS(=O)(=O)c3ccccc3Cl)c(F)c2)c2c(N)ncc([C@H]3CC[C@H](N)CC3)n12. The lowest BCUT2D eigenvalue weighted by Crippen LogP contribution is -2.26. The number of halogens is 2. The first-order valence-electron chi connectivity index (χ1n) is 12.6. The highest BCUT2D eigenvalue weighted by atomic mass is 35.5. The van der Waals surface area contributed by atoms with Gasteiger partial charge in [-0.1, -0.05) is 43.6 Å². The van der Waals surface area contributed by atoms with E-state index < -0.39 is 15.8 Å². The van der Waals surface area contributed by atoms with E-state index in [-0.39, 0.29) is 33.5 Å². The first-order valence-corrected chi connectivity index (χ1v) is 14.4. The number of aromatic nitrogens is 3. The average Bonchev–Trinajstić information content (AvgIpc) is 3.28. The van der Waals surface area contributed by atoms with Crippen molar-refractivity contribution >= 4 is 38.6 Å². The molecule has 1 aliphatic carbocycles. The molecule has 11 heteroatoms. The Morgan fingerprint density at radius 2 is 1.84 bits per heavy atom. The van der Waals surface area contributed by atoms with Crippen LogP contribution < -0.4 is 16.2 Å². The van der Waals surface area contributed by atoms with Gasteiger partial charge in [0.1, 0.15) is 33.6 Å². The number of sulfonamides is 1. The van der Waals surface area contributed by atoms with E-state index in [2.05, 4.69) is 14.1 Å². The van der Waals surface area contributed by atoms with E-state index in [4.69, 9.17) is 28.1 Å². The Kier molecular flexibility index (Phi) is 7.06. The van der Waals surface area contributed by atoms with E-state index in [1.54, 1.807) is 18.2 Å². The topological polar surface area (TPSA) is 128 Å². The van der Waals surface area contributed by atoms with Crippen LogP contribution in [-0.4, -0.2) is 28.8 Å². The number of anilines is 2. The monoisotopic (exact) mass is 556 g/mol. The summed E-state index contributed by atoms with van der Waals surface area (Å²) in [6.07, 6.45) is 5.58. The normalized spacial score (nSPS) is 18.3. The molecule has 1 aliphatic rings. The molecule has 8 nitrogen and oxygen atoms in total. The summed E-state index contributed by atoms with van der Waals surface area (Å²) in [5, 5.41) is 0.0430. The highest BCUT2D eigenvalue weighted by Gasteiger charge is 2.27. The van der Waals surface area contributed by atoms with Gasteiger partial charge in [0.25, 0.3) is 10.0 Å². The number of nitrogens with zero attached hydrogens (tertiary/aromatic N) is 3. The van der Waals surface area contributed by atoms with Gasteiger partial charge in [0.15, 0.2) is 0 Å². The molecular weight excluding hydrogens is 527 g/mol. The predicted molar refractivity (Wildman–Crippen MR) is 148 cm³/mol. The molecule has 1 saturated carbocycles. The number of fused-ring (bicyclic) bond motifs is 1. The largest absolute Gasteiger partial charge is 0.382 e. The molecule has 38 heavy (non-hydrogen) atoms. The van der Waals surface area contributed by atoms with Crippen molar-refractivity contribution in [1.82, 2.24) is 14.4 Å². The lowest BCUT2D eigenvalue weighted by molar-refractivity contribution is 0.387. The number of nitrogens with one attached hydrogen (secondary N) is 1. The summed E-state index contributed by atoms with van der Waals surface area (Å²) in [4.78, 5) is 9.23. The predicted octanol–water partition coefficient (Wildman–Crippen LogP) is 5.68. The number of benzene rings is 2. The molecule has 2 aromatic carbocycles. The van der Waals surface area contributed by atoms with Crippen molar-refractivity contribution in [2.24, 2.45) is 5.73 Å². The van der Waals surface area contributed by atoms with Crippen molar-refractivity contribution in [3.63, 3.8) is 0 Å². The molecule has 5 rings (SSSR count). The molecule has 2 heterocycles. The summed E-state index contributed by atoms with van der Waals surface area (Å²) in [5.74, 6) is 0.671. The van der Waals surface area contributed by atoms with E-state index in [0.717, 1.165) is 37.2 Å². The second kappa shape index (κ2) is 10.2. The van der Waals surface area contributed by atoms with E-state index in [0.29, 0.717) is 22.6 Å². The van der Waals surface area contributed by atoms with E-state index in [1.165, 1.54) is 24.3 Å². The Balaban J connectivity index is 1.57. The summed E-state index contributed by atoms with van der Waals surface area (Å²) >= 11 is 6.05. The lowest BCUT2D eigenvalue weighted by atomic mass is 9.84. The number of nitrogens with two attached hydrogens (primary N) is 2. The van der Waals surface area contributed by atoms with Crippen molar-refractivity contribution in [2.45, 2.75) is 62.3 Å². The van der Waals surface area contributed by atoms with Crippen LogP contribution in [0.15, 0.2) is 53.6 Å². The third-order valence-corrected chi connectivity index (χ3v) is 8.92. The van der Waals surface area contributed by atoms with Crippen molar-refractivity contribution < 1.29 is 12.8 Å². The zero-order chi connectivity index (χ0) is 27.2. The summed E-state index contributed by atoms with van der Waals surface area (Å²) in [5.41, 5.74) is 14.9. The maximum Gasteiger partial charge on any atom is 0.263 e. The molecular formula is C27H30ClFN6O2S. The van der Waals surface area contributed by atoms with Crippen LogP contribution in [0.25, 0.3) is 16.8 Å². The third-order valence-electron chi connectivity index (χ3n) is 7.06. The second-order valence-electron chi connectivity index (χ2n) is 10.1. The quantitative estimate of drug-likeness (QED) is 0.280. The highest BCUT2D eigenvalue weighted by molar-refractivity contribution is 7.92.